The number of esters is 1. The lowest BCUT2D eigenvalue weighted by atomic mass is 10.2. The molecule has 0 aliphatic heterocycles. The molecular formula is C16H17N3O3. The number of hydrogen-bond acceptors (Lipinski definition) is 4. The van der Waals surface area contributed by atoms with Crippen LogP contribution in [0.25, 0.3) is 5.69 Å². The maximum Gasteiger partial charge on any atom is 0.343 e. The van der Waals surface area contributed by atoms with Crippen LogP contribution in [0, 0.1) is 0 Å². The molecule has 0 bridgehead atoms. The van der Waals surface area contributed by atoms with Crippen LogP contribution in [0.2, 0.25) is 0 Å². The van der Waals surface area contributed by atoms with Crippen LogP contribution in [0.3, 0.4) is 0 Å². The molecule has 1 aromatic carbocycles. The van der Waals surface area contributed by atoms with E-state index in [2.05, 4.69) is 17.0 Å². The molecule has 0 aliphatic rings. The predicted octanol–water partition coefficient (Wildman–Crippen LogP) is 2.56. The fourth-order valence-corrected chi connectivity index (χ4v) is 1.81. The molecular weight excluding hydrogens is 282 g/mol. The van der Waals surface area contributed by atoms with E-state index in [1.165, 1.54) is 10.9 Å². The smallest absolute Gasteiger partial charge is 0.343 e. The van der Waals surface area contributed by atoms with Crippen LogP contribution in [0.1, 0.15) is 24.2 Å². The highest BCUT2D eigenvalue weighted by atomic mass is 16.5. The fourth-order valence-electron chi connectivity index (χ4n) is 1.81. The standard InChI is InChI=1S/C16H17N3O3/c1-4-22-16(21)13-10-17-19(12-8-6-5-7-9-12)14(13)18-15(20)11(2)3/h5-10H,2,4H2,1,3H3,(H,18,20). The lowest BCUT2D eigenvalue weighted by molar-refractivity contribution is -0.112. The lowest BCUT2D eigenvalue weighted by Crippen LogP contribution is -2.18. The number of ether oxygens (including phenoxy) is 1. The third-order valence-corrected chi connectivity index (χ3v) is 2.88. The van der Waals surface area contributed by atoms with Gasteiger partial charge in [-0.15, -0.1) is 0 Å². The average Bonchev–Trinajstić information content (AvgIpc) is 2.92. The van der Waals surface area contributed by atoms with Crippen molar-refractivity contribution in [2.45, 2.75) is 13.8 Å². The molecule has 0 saturated heterocycles. The minimum absolute atomic E-state index is 0.195. The van der Waals surface area contributed by atoms with Gasteiger partial charge in [-0.1, -0.05) is 24.8 Å². The topological polar surface area (TPSA) is 73.2 Å². The monoisotopic (exact) mass is 299 g/mol. The molecule has 0 atom stereocenters. The van der Waals surface area contributed by atoms with Gasteiger partial charge in [0.25, 0.3) is 5.91 Å². The zero-order valence-corrected chi connectivity index (χ0v) is 12.5. The van der Waals surface area contributed by atoms with Crippen LogP contribution in [-0.4, -0.2) is 28.3 Å². The third kappa shape index (κ3) is 3.22. The largest absolute Gasteiger partial charge is 0.462 e. The number of anilines is 1. The molecule has 0 spiro atoms. The highest BCUT2D eigenvalue weighted by Crippen LogP contribution is 2.21. The van der Waals surface area contributed by atoms with Gasteiger partial charge in [-0.25, -0.2) is 9.48 Å². The Balaban J connectivity index is 2.48. The Labute approximate surface area is 128 Å². The molecule has 6 heteroatoms. The minimum Gasteiger partial charge on any atom is -0.462 e. The molecule has 0 fully saturated rings. The summed E-state index contributed by atoms with van der Waals surface area (Å²) in [5.41, 5.74) is 1.24. The molecule has 22 heavy (non-hydrogen) atoms. The molecule has 1 N–H and O–H groups in total. The molecule has 114 valence electrons. The van der Waals surface area contributed by atoms with Gasteiger partial charge in [0.15, 0.2) is 5.82 Å². The quantitative estimate of drug-likeness (QED) is 0.680. The van der Waals surface area contributed by atoms with Gasteiger partial charge < -0.3 is 10.1 Å². The summed E-state index contributed by atoms with van der Waals surface area (Å²) in [7, 11) is 0. The molecule has 1 amide bonds. The maximum absolute atomic E-state index is 12.0. The first kappa shape index (κ1) is 15.5. The van der Waals surface area contributed by atoms with Gasteiger partial charge in [-0.05, 0) is 26.0 Å². The van der Waals surface area contributed by atoms with Crippen molar-refractivity contribution in [3.05, 3.63) is 54.2 Å². The summed E-state index contributed by atoms with van der Waals surface area (Å²) in [5, 5.41) is 6.83. The molecule has 0 aliphatic carbocycles. The molecule has 1 aromatic heterocycles. The van der Waals surface area contributed by atoms with Crippen molar-refractivity contribution >= 4 is 17.7 Å². The molecule has 0 radical (unpaired) electrons. The summed E-state index contributed by atoms with van der Waals surface area (Å²) in [6, 6.07) is 9.18. The van der Waals surface area contributed by atoms with Crippen LogP contribution >= 0.6 is 0 Å². The van der Waals surface area contributed by atoms with E-state index < -0.39 is 5.97 Å². The summed E-state index contributed by atoms with van der Waals surface area (Å²) in [5.74, 6) is -0.664. The van der Waals surface area contributed by atoms with Gasteiger partial charge in [0.1, 0.15) is 5.56 Å². The van der Waals surface area contributed by atoms with E-state index in [0.717, 1.165) is 5.69 Å². The zero-order chi connectivity index (χ0) is 16.1. The second-order valence-corrected chi connectivity index (χ2v) is 4.61. The highest BCUT2D eigenvalue weighted by Gasteiger charge is 2.21. The van der Waals surface area contributed by atoms with E-state index in [4.69, 9.17) is 4.74 Å². The van der Waals surface area contributed by atoms with Crippen LogP contribution in [0.5, 0.6) is 0 Å². The Hall–Kier alpha value is -2.89. The van der Waals surface area contributed by atoms with Gasteiger partial charge in [-0.3, -0.25) is 4.79 Å². The molecule has 6 nitrogen and oxygen atoms in total. The van der Waals surface area contributed by atoms with Crippen LogP contribution < -0.4 is 5.32 Å². The van der Waals surface area contributed by atoms with Crippen molar-refractivity contribution in [1.29, 1.82) is 0 Å². The van der Waals surface area contributed by atoms with Crippen molar-refractivity contribution in [2.24, 2.45) is 0 Å². The normalized spacial score (nSPS) is 10.1. The number of aromatic nitrogens is 2. The Morgan fingerprint density at radius 2 is 2.00 bits per heavy atom. The Bertz CT molecular complexity index is 705. The molecule has 2 aromatic rings. The second kappa shape index (κ2) is 6.71. The van der Waals surface area contributed by atoms with E-state index in [9.17, 15) is 9.59 Å². The molecule has 0 unspecified atom stereocenters. The van der Waals surface area contributed by atoms with Gasteiger partial charge in [0.2, 0.25) is 0 Å². The molecule has 1 heterocycles. The van der Waals surface area contributed by atoms with Gasteiger partial charge in [-0.2, -0.15) is 5.10 Å². The van der Waals surface area contributed by atoms with Crippen molar-refractivity contribution in [2.75, 3.05) is 11.9 Å². The zero-order valence-electron chi connectivity index (χ0n) is 12.5. The highest BCUT2D eigenvalue weighted by molar-refractivity contribution is 6.06. The van der Waals surface area contributed by atoms with E-state index in [-0.39, 0.29) is 23.9 Å². The minimum atomic E-state index is -0.540. The number of para-hydroxylation sites is 1. The van der Waals surface area contributed by atoms with Crippen molar-refractivity contribution in [1.82, 2.24) is 9.78 Å². The Morgan fingerprint density at radius 3 is 2.59 bits per heavy atom. The average molecular weight is 299 g/mol. The summed E-state index contributed by atoms with van der Waals surface area (Å²) >= 11 is 0. The Morgan fingerprint density at radius 1 is 1.32 bits per heavy atom. The van der Waals surface area contributed by atoms with Crippen LogP contribution in [0.4, 0.5) is 5.82 Å². The summed E-state index contributed by atoms with van der Waals surface area (Å²) < 4.78 is 6.47. The summed E-state index contributed by atoms with van der Waals surface area (Å²) in [6.45, 7) is 7.13. The summed E-state index contributed by atoms with van der Waals surface area (Å²) in [6.07, 6.45) is 1.37. The number of amides is 1. The van der Waals surface area contributed by atoms with Crippen molar-refractivity contribution in [3.63, 3.8) is 0 Å². The first-order valence-corrected chi connectivity index (χ1v) is 6.82. The number of nitrogens with zero attached hydrogens (tertiary/aromatic N) is 2. The number of hydrogen-bond donors (Lipinski definition) is 1. The Kier molecular flexibility index (Phi) is 4.73. The SMILES string of the molecule is C=C(C)C(=O)Nc1c(C(=O)OCC)cnn1-c1ccccc1. The van der Waals surface area contributed by atoms with Gasteiger partial charge in [0.05, 0.1) is 18.5 Å². The number of nitrogens with one attached hydrogen (secondary N) is 1. The number of rotatable bonds is 5. The first-order valence-electron chi connectivity index (χ1n) is 6.82. The number of carbonyl (C=O) groups is 2. The van der Waals surface area contributed by atoms with Crippen LogP contribution in [-0.2, 0) is 9.53 Å². The molecule has 2 rings (SSSR count). The van der Waals surface area contributed by atoms with E-state index in [1.54, 1.807) is 13.8 Å². The molecule has 0 saturated carbocycles. The van der Waals surface area contributed by atoms with Gasteiger partial charge in [0, 0.05) is 5.57 Å². The number of benzene rings is 1. The van der Waals surface area contributed by atoms with Crippen LogP contribution in [0.15, 0.2) is 48.7 Å². The van der Waals surface area contributed by atoms with E-state index in [0.29, 0.717) is 5.57 Å². The van der Waals surface area contributed by atoms with Gasteiger partial charge >= 0.3 is 5.97 Å². The lowest BCUT2D eigenvalue weighted by Gasteiger charge is -2.10. The third-order valence-electron chi connectivity index (χ3n) is 2.88. The van der Waals surface area contributed by atoms with E-state index >= 15 is 0 Å². The predicted molar refractivity (Wildman–Crippen MR) is 83.0 cm³/mol. The first-order chi connectivity index (χ1) is 10.5. The maximum atomic E-state index is 12.0. The fraction of sp³-hybridized carbons (Fsp3) is 0.188. The van der Waals surface area contributed by atoms with Crippen molar-refractivity contribution < 1.29 is 14.3 Å². The second-order valence-electron chi connectivity index (χ2n) is 4.61. The van der Waals surface area contributed by atoms with E-state index in [1.807, 2.05) is 30.3 Å². The summed E-state index contributed by atoms with van der Waals surface area (Å²) in [4.78, 5) is 23.9. The van der Waals surface area contributed by atoms with Crippen molar-refractivity contribution in [3.8, 4) is 5.69 Å². The number of carbonyl (C=O) groups excluding carboxylic acids is 2.